The predicted molar refractivity (Wildman–Crippen MR) is 255 cm³/mol. The van der Waals surface area contributed by atoms with Gasteiger partial charge in [-0.3, -0.25) is 0 Å². The second kappa shape index (κ2) is 20.0. The molecule has 308 valence electrons. The van der Waals surface area contributed by atoms with Crippen LogP contribution >= 0.6 is 0 Å². The molecule has 0 saturated heterocycles. The number of hydrogen-bond donors (Lipinski definition) is 0. The topological polar surface area (TPSA) is 0 Å². The van der Waals surface area contributed by atoms with Crippen molar-refractivity contribution in [2.24, 2.45) is 0 Å². The summed E-state index contributed by atoms with van der Waals surface area (Å²) in [6, 6.07) is 73.5. The maximum Gasteiger partial charge on any atom is -0.172 e. The fourth-order valence-electron chi connectivity index (χ4n) is 8.28. The van der Waals surface area contributed by atoms with Gasteiger partial charge in [0.15, 0.2) is 0 Å². The van der Waals surface area contributed by atoms with Gasteiger partial charge in [0.1, 0.15) is 0 Å². The largest absolute Gasteiger partial charge is 0.214 e. The maximum absolute atomic E-state index is 3.88. The molecule has 0 radical (unpaired) electrons. The Labute approximate surface area is 396 Å². The minimum atomic E-state index is 0. The molecule has 0 N–H and O–H groups in total. The zero-order chi connectivity index (χ0) is 41.9. The summed E-state index contributed by atoms with van der Waals surface area (Å²) >= 11 is 1.03. The quantitative estimate of drug-likeness (QED) is 0.122. The van der Waals surface area contributed by atoms with Gasteiger partial charge < -0.3 is 24.8 Å². The Morgan fingerprint density at radius 1 is 0.468 bits per heavy atom. The summed E-state index contributed by atoms with van der Waals surface area (Å²) in [5.74, 6) is 0. The van der Waals surface area contributed by atoms with Crippen LogP contribution in [0.2, 0.25) is 0 Å². The van der Waals surface area contributed by atoms with Crippen LogP contribution in [0.25, 0.3) is 54.9 Å². The van der Waals surface area contributed by atoms with Crippen LogP contribution in [-0.4, -0.2) is 3.26 Å². The number of rotatable bonds is 4. The molecule has 0 nitrogen and oxygen atoms in total. The van der Waals surface area contributed by atoms with Crippen LogP contribution in [0.3, 0.4) is 0 Å². The molecule has 0 aromatic heterocycles. The van der Waals surface area contributed by atoms with E-state index in [0.717, 1.165) is 30.3 Å². The van der Waals surface area contributed by atoms with Gasteiger partial charge in [-0.15, -0.1) is 28.8 Å². The van der Waals surface area contributed by atoms with Crippen molar-refractivity contribution in [1.82, 2.24) is 0 Å². The molecule has 0 heterocycles. The summed E-state index contributed by atoms with van der Waals surface area (Å²) in [6.45, 7) is 13.9. The van der Waals surface area contributed by atoms with E-state index in [9.17, 15) is 0 Å². The Balaban J connectivity index is 0.000000190. The molecule has 9 aromatic carbocycles. The molecule has 0 amide bonds. The van der Waals surface area contributed by atoms with E-state index in [0.29, 0.717) is 0 Å². The fourth-order valence-corrected chi connectivity index (χ4v) is 9.40. The van der Waals surface area contributed by atoms with E-state index in [1.165, 1.54) is 91.6 Å². The van der Waals surface area contributed by atoms with Crippen LogP contribution in [-0.2, 0) is 41.1 Å². The molecule has 0 fully saturated rings. The predicted octanol–water partition coefficient (Wildman–Crippen LogP) is 9.51. The molecule has 3 heteroatoms. The SMILES string of the molecule is CC(C)(C)c1cc2c([c-]c1-c1ccccc1)Cc1cc(-c3ccccc3)c(C(C)(C)C)cc1-2.[Cl-].[Cl-].[Hf+2]=[C](c1ccc2ccccc2c1)c1ccc2ccccc2c1.c1cc[cH-]c1. The van der Waals surface area contributed by atoms with Gasteiger partial charge in [-0.05, 0) is 39.5 Å². The monoisotopic (exact) mass is 1010 g/mol. The molecule has 0 aliphatic heterocycles. The van der Waals surface area contributed by atoms with E-state index < -0.39 is 0 Å². The minimum Gasteiger partial charge on any atom is -0.214 e. The van der Waals surface area contributed by atoms with Gasteiger partial charge in [0, 0.05) is 0 Å². The Morgan fingerprint density at radius 2 is 0.935 bits per heavy atom. The molecule has 1 aliphatic carbocycles. The Kier molecular flexibility index (Phi) is 15.0. The van der Waals surface area contributed by atoms with Crippen LogP contribution in [0.1, 0.15) is 74.9 Å². The number of benzene rings is 8. The van der Waals surface area contributed by atoms with Crippen LogP contribution in [0.15, 0.2) is 194 Å². The van der Waals surface area contributed by atoms with Gasteiger partial charge >= 0.3 is 145 Å². The van der Waals surface area contributed by atoms with Gasteiger partial charge in [0.05, 0.1) is 0 Å². The van der Waals surface area contributed by atoms with E-state index in [1.54, 1.807) is 0 Å². The van der Waals surface area contributed by atoms with E-state index in [1.807, 2.05) is 30.3 Å². The first-order chi connectivity index (χ1) is 28.9. The summed E-state index contributed by atoms with van der Waals surface area (Å²) in [6.07, 6.45) is 0.944. The van der Waals surface area contributed by atoms with Crippen molar-refractivity contribution in [2.45, 2.75) is 58.8 Å². The van der Waals surface area contributed by atoms with Crippen molar-refractivity contribution in [1.29, 1.82) is 0 Å². The summed E-state index contributed by atoms with van der Waals surface area (Å²) in [7, 11) is 0. The first-order valence-corrected chi connectivity index (χ1v) is 22.9. The van der Waals surface area contributed by atoms with Gasteiger partial charge in [-0.1, -0.05) is 131 Å². The van der Waals surface area contributed by atoms with Gasteiger partial charge in [0.25, 0.3) is 0 Å². The number of fused-ring (bicyclic) bond motifs is 5. The van der Waals surface area contributed by atoms with Crippen molar-refractivity contribution in [3.63, 3.8) is 0 Å². The van der Waals surface area contributed by atoms with E-state index in [-0.39, 0.29) is 35.6 Å². The molecule has 10 rings (SSSR count). The molecule has 1 aliphatic rings. The van der Waals surface area contributed by atoms with Crippen molar-refractivity contribution in [3.8, 4) is 33.4 Å². The van der Waals surface area contributed by atoms with Crippen LogP contribution < -0.4 is 24.8 Å². The molecule has 0 bridgehead atoms. The molecule has 0 atom stereocenters. The second-order valence-electron chi connectivity index (χ2n) is 17.9. The van der Waals surface area contributed by atoms with Crippen LogP contribution in [0, 0.1) is 6.07 Å². The van der Waals surface area contributed by atoms with E-state index >= 15 is 0 Å². The van der Waals surface area contributed by atoms with Gasteiger partial charge in [-0.2, -0.15) is 18.2 Å². The van der Waals surface area contributed by atoms with Crippen molar-refractivity contribution in [3.05, 3.63) is 234 Å². The summed E-state index contributed by atoms with van der Waals surface area (Å²) in [5, 5.41) is 5.24. The average molecular weight is 1010 g/mol. The molecular formula is C59H52Cl2Hf-2. The van der Waals surface area contributed by atoms with Crippen LogP contribution in [0.5, 0.6) is 0 Å². The summed E-state index contributed by atoms with van der Waals surface area (Å²) in [5.41, 5.74) is 16.2. The van der Waals surface area contributed by atoms with Gasteiger partial charge in [0.2, 0.25) is 0 Å². The van der Waals surface area contributed by atoms with Gasteiger partial charge in [-0.25, -0.2) is 12.1 Å². The Hall–Kier alpha value is -5.05. The standard InChI is InChI=1S/C33H33.C21H14.C5H5.2ClH.Hf/c1-32(2,3)30-20-26-24(18-28(30)22-13-9-7-10-14-22)17-25-19-29(23-15-11-8-12-16-23)31(21-27(25)26)33(4,5)6;1-3-7-20-14-16(9-11-18(20)5-1)13-17-10-12-19-6-2-4-8-21(19)15-17;1-2-4-5-3-1;;;/h7-16,18,20-21H,17H2,1-6H3;1-12,14-15H;1-5H;2*1H;/q-1;;-1;;;+2/p-2. The normalized spacial score (nSPS) is 11.5. The third-order valence-electron chi connectivity index (χ3n) is 11.5. The van der Waals surface area contributed by atoms with Crippen molar-refractivity contribution < 1.29 is 48.7 Å². The first kappa shape index (κ1) is 46.5. The molecular weight excluding hydrogens is 958 g/mol. The number of halogens is 2. The molecule has 9 aromatic rings. The Bertz CT molecular complexity index is 2710. The third-order valence-corrected chi connectivity index (χ3v) is 13.5. The molecule has 0 unspecified atom stereocenters. The second-order valence-corrected chi connectivity index (χ2v) is 19.7. The van der Waals surface area contributed by atoms with Crippen molar-refractivity contribution >= 4 is 24.8 Å². The average Bonchev–Trinajstić information content (AvgIpc) is 3.97. The molecule has 0 saturated carbocycles. The zero-order valence-electron chi connectivity index (χ0n) is 36.4. The third kappa shape index (κ3) is 10.4. The smallest absolute Gasteiger partial charge is 0.172 e. The molecule has 0 spiro atoms. The number of hydrogen-bond acceptors (Lipinski definition) is 0. The van der Waals surface area contributed by atoms with Crippen molar-refractivity contribution in [2.75, 3.05) is 0 Å². The minimum absolute atomic E-state index is 0. The zero-order valence-corrected chi connectivity index (χ0v) is 41.5. The van der Waals surface area contributed by atoms with E-state index in [2.05, 4.69) is 211 Å². The Morgan fingerprint density at radius 3 is 1.42 bits per heavy atom. The van der Waals surface area contributed by atoms with E-state index in [4.69, 9.17) is 0 Å². The maximum atomic E-state index is 3.88. The molecule has 62 heavy (non-hydrogen) atoms. The summed E-state index contributed by atoms with van der Waals surface area (Å²) in [4.78, 5) is 0. The summed E-state index contributed by atoms with van der Waals surface area (Å²) < 4.78 is 1.46. The first-order valence-electron chi connectivity index (χ1n) is 21.1. The van der Waals surface area contributed by atoms with Crippen LogP contribution in [0.4, 0.5) is 0 Å². The fraction of sp³-hybridized carbons (Fsp3) is 0.153.